The predicted molar refractivity (Wildman–Crippen MR) is 90.4 cm³/mol. The van der Waals surface area contributed by atoms with E-state index >= 15 is 0 Å². The first-order valence-electron chi connectivity index (χ1n) is 6.67. The number of carbonyl (C=O) groups excluding carboxylic acids is 1. The first kappa shape index (κ1) is 16.3. The number of hydrogen-bond acceptors (Lipinski definition) is 2. The van der Waals surface area contributed by atoms with Crippen LogP contribution in [0.2, 0.25) is 10.0 Å². The SMILES string of the molecule is C/C=C/C=C\C(=O)Nc1ccnn1Cc1cccc(Cl)c1Cl. The molecule has 4 nitrogen and oxygen atoms in total. The Balaban J connectivity index is 2.13. The minimum Gasteiger partial charge on any atom is -0.307 e. The number of rotatable bonds is 5. The van der Waals surface area contributed by atoms with Gasteiger partial charge in [0.1, 0.15) is 5.82 Å². The largest absolute Gasteiger partial charge is 0.307 e. The van der Waals surface area contributed by atoms with E-state index in [1.807, 2.05) is 25.1 Å². The van der Waals surface area contributed by atoms with Crippen molar-refractivity contribution in [2.45, 2.75) is 13.5 Å². The van der Waals surface area contributed by atoms with Gasteiger partial charge in [0.15, 0.2) is 0 Å². The Morgan fingerprint density at radius 2 is 2.14 bits per heavy atom. The molecule has 1 aromatic heterocycles. The molecule has 22 heavy (non-hydrogen) atoms. The fraction of sp³-hybridized carbons (Fsp3) is 0.125. The second-order valence-electron chi connectivity index (χ2n) is 4.46. The quantitative estimate of drug-likeness (QED) is 0.653. The number of amides is 1. The molecule has 0 aliphatic rings. The lowest BCUT2D eigenvalue weighted by Crippen LogP contribution is -2.14. The number of benzene rings is 1. The van der Waals surface area contributed by atoms with Crippen molar-refractivity contribution in [2.24, 2.45) is 0 Å². The molecule has 1 aromatic carbocycles. The lowest BCUT2D eigenvalue weighted by atomic mass is 10.2. The smallest absolute Gasteiger partial charge is 0.249 e. The van der Waals surface area contributed by atoms with E-state index in [1.54, 1.807) is 35.2 Å². The minimum absolute atomic E-state index is 0.225. The van der Waals surface area contributed by atoms with Crippen molar-refractivity contribution in [3.63, 3.8) is 0 Å². The summed E-state index contributed by atoms with van der Waals surface area (Å²) in [6.07, 6.45) is 8.36. The van der Waals surface area contributed by atoms with Crippen LogP contribution >= 0.6 is 23.2 Å². The van der Waals surface area contributed by atoms with Crippen molar-refractivity contribution < 1.29 is 4.79 Å². The molecule has 2 aromatic rings. The average Bonchev–Trinajstić information content (AvgIpc) is 2.91. The Kier molecular flexibility index (Phi) is 5.81. The molecule has 0 aliphatic carbocycles. The van der Waals surface area contributed by atoms with Crippen molar-refractivity contribution in [1.29, 1.82) is 0 Å². The molecule has 1 amide bonds. The van der Waals surface area contributed by atoms with Gasteiger partial charge in [0.25, 0.3) is 0 Å². The van der Waals surface area contributed by atoms with Crippen LogP contribution in [0.15, 0.2) is 54.8 Å². The topological polar surface area (TPSA) is 46.9 Å². The molecule has 1 N–H and O–H groups in total. The maximum absolute atomic E-state index is 11.8. The van der Waals surface area contributed by atoms with Crippen LogP contribution in [0.5, 0.6) is 0 Å². The molecule has 0 unspecified atom stereocenters. The maximum Gasteiger partial charge on any atom is 0.249 e. The average molecular weight is 336 g/mol. The molecule has 0 saturated carbocycles. The highest BCUT2D eigenvalue weighted by Gasteiger charge is 2.09. The summed E-state index contributed by atoms with van der Waals surface area (Å²) in [4.78, 5) is 11.8. The zero-order valence-electron chi connectivity index (χ0n) is 12.0. The fourth-order valence-electron chi connectivity index (χ4n) is 1.82. The van der Waals surface area contributed by atoms with Crippen molar-refractivity contribution in [3.8, 4) is 0 Å². The van der Waals surface area contributed by atoms with Gasteiger partial charge in [0, 0.05) is 12.1 Å². The van der Waals surface area contributed by atoms with Crippen LogP contribution in [0.25, 0.3) is 0 Å². The van der Waals surface area contributed by atoms with Crippen LogP contribution in [0, 0.1) is 0 Å². The highest BCUT2D eigenvalue weighted by Crippen LogP contribution is 2.26. The van der Waals surface area contributed by atoms with Crippen molar-refractivity contribution in [2.75, 3.05) is 5.32 Å². The highest BCUT2D eigenvalue weighted by molar-refractivity contribution is 6.42. The van der Waals surface area contributed by atoms with Gasteiger partial charge in [0.2, 0.25) is 5.91 Å². The lowest BCUT2D eigenvalue weighted by molar-refractivity contribution is -0.111. The summed E-state index contributed by atoms with van der Waals surface area (Å²) >= 11 is 12.2. The number of nitrogens with zero attached hydrogens (tertiary/aromatic N) is 2. The number of allylic oxidation sites excluding steroid dienone is 3. The van der Waals surface area contributed by atoms with Gasteiger partial charge in [-0.2, -0.15) is 5.10 Å². The zero-order valence-corrected chi connectivity index (χ0v) is 13.5. The highest BCUT2D eigenvalue weighted by atomic mass is 35.5. The lowest BCUT2D eigenvalue weighted by Gasteiger charge is -2.10. The summed E-state index contributed by atoms with van der Waals surface area (Å²) in [5.74, 6) is 0.364. The van der Waals surface area contributed by atoms with E-state index < -0.39 is 0 Å². The predicted octanol–water partition coefficient (Wildman–Crippen LogP) is 4.31. The third kappa shape index (κ3) is 4.23. The number of carbonyl (C=O) groups is 1. The van der Waals surface area contributed by atoms with Crippen LogP contribution in [-0.4, -0.2) is 15.7 Å². The molecule has 0 radical (unpaired) electrons. The standard InChI is InChI=1S/C16H15Cl2N3O/c1-2-3-4-8-15(22)20-14-9-10-19-21(14)11-12-6-5-7-13(17)16(12)18/h2-10H,11H2,1H3,(H,20,22)/b3-2+,8-4-. The number of nitrogens with one attached hydrogen (secondary N) is 1. The van der Waals surface area contributed by atoms with Crippen LogP contribution in [-0.2, 0) is 11.3 Å². The minimum atomic E-state index is -0.225. The van der Waals surface area contributed by atoms with Gasteiger partial charge < -0.3 is 5.32 Å². The molecule has 2 rings (SSSR count). The fourth-order valence-corrected chi connectivity index (χ4v) is 2.20. The first-order chi connectivity index (χ1) is 10.6. The van der Waals surface area contributed by atoms with E-state index in [0.29, 0.717) is 22.4 Å². The number of halogens is 2. The molecule has 1 heterocycles. The Morgan fingerprint density at radius 1 is 1.32 bits per heavy atom. The Morgan fingerprint density at radius 3 is 2.91 bits per heavy atom. The number of anilines is 1. The van der Waals surface area contributed by atoms with Crippen molar-refractivity contribution in [1.82, 2.24) is 9.78 Å². The summed E-state index contributed by atoms with van der Waals surface area (Å²) in [5.41, 5.74) is 0.831. The Bertz CT molecular complexity index is 720. The Hall–Kier alpha value is -2.04. The van der Waals surface area contributed by atoms with E-state index in [1.165, 1.54) is 6.08 Å². The van der Waals surface area contributed by atoms with Crippen LogP contribution in [0.4, 0.5) is 5.82 Å². The number of aromatic nitrogens is 2. The van der Waals surface area contributed by atoms with Crippen LogP contribution in [0.3, 0.4) is 0 Å². The number of hydrogen-bond donors (Lipinski definition) is 1. The second kappa shape index (κ2) is 7.82. The molecule has 0 spiro atoms. The second-order valence-corrected chi connectivity index (χ2v) is 5.25. The van der Waals surface area contributed by atoms with E-state index in [9.17, 15) is 4.79 Å². The molecule has 0 atom stereocenters. The first-order valence-corrected chi connectivity index (χ1v) is 7.42. The summed E-state index contributed by atoms with van der Waals surface area (Å²) < 4.78 is 1.65. The van der Waals surface area contributed by atoms with E-state index in [4.69, 9.17) is 23.2 Å². The molecule has 0 saturated heterocycles. The summed E-state index contributed by atoms with van der Waals surface area (Å²) in [7, 11) is 0. The molecule has 0 bridgehead atoms. The molecular weight excluding hydrogens is 321 g/mol. The normalized spacial score (nSPS) is 11.4. The molecule has 0 aliphatic heterocycles. The molecular formula is C16H15Cl2N3O. The maximum atomic E-state index is 11.8. The van der Waals surface area contributed by atoms with Crippen LogP contribution < -0.4 is 5.32 Å². The monoisotopic (exact) mass is 335 g/mol. The van der Waals surface area contributed by atoms with Gasteiger partial charge in [-0.3, -0.25) is 4.79 Å². The third-order valence-electron chi connectivity index (χ3n) is 2.87. The van der Waals surface area contributed by atoms with Gasteiger partial charge in [-0.25, -0.2) is 4.68 Å². The van der Waals surface area contributed by atoms with Gasteiger partial charge in [0.05, 0.1) is 22.8 Å². The van der Waals surface area contributed by atoms with Crippen molar-refractivity contribution >= 4 is 34.9 Å². The summed E-state index contributed by atoms with van der Waals surface area (Å²) in [5, 5.41) is 7.94. The molecule has 114 valence electrons. The van der Waals surface area contributed by atoms with Gasteiger partial charge in [-0.15, -0.1) is 0 Å². The van der Waals surface area contributed by atoms with Gasteiger partial charge in [-0.1, -0.05) is 53.6 Å². The zero-order chi connectivity index (χ0) is 15.9. The Labute approximate surface area is 139 Å². The van der Waals surface area contributed by atoms with Gasteiger partial charge >= 0.3 is 0 Å². The van der Waals surface area contributed by atoms with E-state index in [2.05, 4.69) is 10.4 Å². The summed E-state index contributed by atoms with van der Waals surface area (Å²) in [6, 6.07) is 7.14. The van der Waals surface area contributed by atoms with Crippen LogP contribution in [0.1, 0.15) is 12.5 Å². The van der Waals surface area contributed by atoms with Gasteiger partial charge in [-0.05, 0) is 18.6 Å². The molecule has 0 fully saturated rings. The summed E-state index contributed by atoms with van der Waals surface area (Å²) in [6.45, 7) is 2.30. The third-order valence-corrected chi connectivity index (χ3v) is 3.73. The molecule has 6 heteroatoms. The van der Waals surface area contributed by atoms with Crippen molar-refractivity contribution in [3.05, 3.63) is 70.4 Å². The van der Waals surface area contributed by atoms with E-state index in [-0.39, 0.29) is 5.91 Å². The van der Waals surface area contributed by atoms with E-state index in [0.717, 1.165) is 5.56 Å².